The molecule has 0 saturated carbocycles. The van der Waals surface area contributed by atoms with Crippen molar-refractivity contribution in [1.29, 1.82) is 0 Å². The van der Waals surface area contributed by atoms with Crippen LogP contribution in [0.1, 0.15) is 37.0 Å². The first kappa shape index (κ1) is 13.4. The van der Waals surface area contributed by atoms with Crippen molar-refractivity contribution < 1.29 is 14.6 Å². The van der Waals surface area contributed by atoms with Crippen molar-refractivity contribution in [3.63, 3.8) is 0 Å². The normalized spacial score (nSPS) is 10.5. The van der Waals surface area contributed by atoms with Gasteiger partial charge in [-0.2, -0.15) is 0 Å². The molecule has 94 valence electrons. The molecule has 0 saturated heterocycles. The molecule has 3 N–H and O–H groups in total. The van der Waals surface area contributed by atoms with Crippen LogP contribution < -0.4 is 5.73 Å². The molecule has 1 aromatic rings. The van der Waals surface area contributed by atoms with Crippen LogP contribution in [0, 0.1) is 5.92 Å². The smallest absolute Gasteiger partial charge is 0.338 e. The maximum Gasteiger partial charge on any atom is 0.338 e. The lowest BCUT2D eigenvalue weighted by Crippen LogP contribution is -2.07. The molecule has 0 aromatic heterocycles. The number of hydrogen-bond donors (Lipinski definition) is 2. The van der Waals surface area contributed by atoms with Crippen molar-refractivity contribution in [3.8, 4) is 5.75 Å². The van der Waals surface area contributed by atoms with Gasteiger partial charge >= 0.3 is 5.97 Å². The van der Waals surface area contributed by atoms with Gasteiger partial charge in [-0.25, -0.2) is 4.79 Å². The lowest BCUT2D eigenvalue weighted by Gasteiger charge is -2.07. The molecule has 1 aromatic carbocycles. The van der Waals surface area contributed by atoms with Crippen molar-refractivity contribution in [2.45, 2.75) is 26.7 Å². The molecule has 4 nitrogen and oxygen atoms in total. The zero-order valence-corrected chi connectivity index (χ0v) is 10.3. The Kier molecular flexibility index (Phi) is 4.82. The summed E-state index contributed by atoms with van der Waals surface area (Å²) in [5.74, 6) is 0.0833. The summed E-state index contributed by atoms with van der Waals surface area (Å²) in [6.45, 7) is 4.65. The topological polar surface area (TPSA) is 72.5 Å². The van der Waals surface area contributed by atoms with E-state index in [9.17, 15) is 9.90 Å². The van der Waals surface area contributed by atoms with Crippen molar-refractivity contribution in [2.24, 2.45) is 5.92 Å². The Bertz CT molecular complexity index is 388. The molecule has 0 aliphatic rings. The molecule has 4 heteroatoms. The Morgan fingerprint density at radius 1 is 1.47 bits per heavy atom. The summed E-state index contributed by atoms with van der Waals surface area (Å²) in [6, 6.07) is 4.35. The van der Waals surface area contributed by atoms with Gasteiger partial charge in [-0.15, -0.1) is 0 Å². The number of ether oxygens (including phenoxy) is 1. The summed E-state index contributed by atoms with van der Waals surface area (Å²) in [5.41, 5.74) is 6.01. The second kappa shape index (κ2) is 6.13. The molecule has 1 rings (SSSR count). The van der Waals surface area contributed by atoms with E-state index in [0.717, 1.165) is 12.8 Å². The van der Waals surface area contributed by atoms with E-state index in [0.29, 0.717) is 18.1 Å². The summed E-state index contributed by atoms with van der Waals surface area (Å²) in [6.07, 6.45) is 1.88. The van der Waals surface area contributed by atoms with Crippen LogP contribution in [-0.2, 0) is 4.74 Å². The van der Waals surface area contributed by atoms with Crippen LogP contribution in [0.4, 0.5) is 5.69 Å². The fourth-order valence-corrected chi connectivity index (χ4v) is 1.41. The monoisotopic (exact) mass is 237 g/mol. The van der Waals surface area contributed by atoms with Gasteiger partial charge in [-0.3, -0.25) is 0 Å². The molecule has 0 fully saturated rings. The molecular weight excluding hydrogens is 218 g/mol. The lowest BCUT2D eigenvalue weighted by atomic mass is 10.1. The number of benzene rings is 1. The minimum atomic E-state index is -0.427. The SMILES string of the molecule is CC(C)CCCOC(=O)c1ccc(N)c(O)c1. The second-order valence-electron chi connectivity index (χ2n) is 4.45. The quantitative estimate of drug-likeness (QED) is 0.357. The van der Waals surface area contributed by atoms with Crippen molar-refractivity contribution in [2.75, 3.05) is 12.3 Å². The van der Waals surface area contributed by atoms with E-state index in [1.54, 1.807) is 6.07 Å². The summed E-state index contributed by atoms with van der Waals surface area (Å²) in [7, 11) is 0. The number of anilines is 1. The average molecular weight is 237 g/mol. The second-order valence-corrected chi connectivity index (χ2v) is 4.45. The van der Waals surface area contributed by atoms with E-state index >= 15 is 0 Å². The predicted molar refractivity (Wildman–Crippen MR) is 66.9 cm³/mol. The summed E-state index contributed by atoms with van der Waals surface area (Å²) >= 11 is 0. The molecule has 0 spiro atoms. The predicted octanol–water partition coefficient (Wildman–Crippen LogP) is 2.57. The zero-order valence-electron chi connectivity index (χ0n) is 10.3. The Morgan fingerprint density at radius 2 is 2.18 bits per heavy atom. The minimum Gasteiger partial charge on any atom is -0.506 e. The Morgan fingerprint density at radius 3 is 2.76 bits per heavy atom. The summed E-state index contributed by atoms with van der Waals surface area (Å²) in [4.78, 5) is 11.6. The van der Waals surface area contributed by atoms with Crippen LogP contribution in [0.15, 0.2) is 18.2 Å². The summed E-state index contributed by atoms with van der Waals surface area (Å²) in [5, 5.41) is 9.36. The number of phenols is 1. The van der Waals surface area contributed by atoms with E-state index in [1.165, 1.54) is 12.1 Å². The highest BCUT2D eigenvalue weighted by Gasteiger charge is 2.09. The van der Waals surface area contributed by atoms with E-state index in [2.05, 4.69) is 13.8 Å². The fourth-order valence-electron chi connectivity index (χ4n) is 1.41. The van der Waals surface area contributed by atoms with Crippen LogP contribution >= 0.6 is 0 Å². The Hall–Kier alpha value is -1.71. The van der Waals surface area contributed by atoms with Gasteiger partial charge < -0.3 is 15.6 Å². The summed E-state index contributed by atoms with van der Waals surface area (Å²) < 4.78 is 5.08. The third-order valence-corrected chi connectivity index (χ3v) is 2.43. The molecule has 0 unspecified atom stereocenters. The van der Waals surface area contributed by atoms with Gasteiger partial charge in [0.1, 0.15) is 5.75 Å². The number of rotatable bonds is 5. The molecule has 0 heterocycles. The van der Waals surface area contributed by atoms with Crippen LogP contribution in [0.3, 0.4) is 0 Å². The van der Waals surface area contributed by atoms with Crippen LogP contribution in [0.25, 0.3) is 0 Å². The van der Waals surface area contributed by atoms with Crippen LogP contribution in [-0.4, -0.2) is 17.7 Å². The molecule has 0 aliphatic carbocycles. The Labute approximate surface area is 101 Å². The third-order valence-electron chi connectivity index (χ3n) is 2.43. The number of carbonyl (C=O) groups excluding carboxylic acids is 1. The standard InChI is InChI=1S/C13H19NO3/c1-9(2)4-3-7-17-13(16)10-5-6-11(14)12(15)8-10/h5-6,8-9,15H,3-4,7,14H2,1-2H3. The lowest BCUT2D eigenvalue weighted by molar-refractivity contribution is 0.0494. The van der Waals surface area contributed by atoms with E-state index in [4.69, 9.17) is 10.5 Å². The van der Waals surface area contributed by atoms with Crippen molar-refractivity contribution in [1.82, 2.24) is 0 Å². The van der Waals surface area contributed by atoms with Gasteiger partial charge in [0.25, 0.3) is 0 Å². The molecule has 0 aliphatic heterocycles. The highest BCUT2D eigenvalue weighted by atomic mass is 16.5. The minimum absolute atomic E-state index is 0.0957. The molecule has 0 radical (unpaired) electrons. The maximum absolute atomic E-state index is 11.6. The van der Waals surface area contributed by atoms with Gasteiger partial charge in [0, 0.05) is 0 Å². The Balaban J connectivity index is 2.44. The molecule has 0 bridgehead atoms. The number of nitrogen functional groups attached to an aromatic ring is 1. The largest absolute Gasteiger partial charge is 0.506 e. The number of phenolic OH excluding ortho intramolecular Hbond substituents is 1. The number of nitrogens with two attached hydrogens (primary N) is 1. The molecule has 0 amide bonds. The molecular formula is C13H19NO3. The van der Waals surface area contributed by atoms with Crippen molar-refractivity contribution >= 4 is 11.7 Å². The number of aromatic hydroxyl groups is 1. The van der Waals surface area contributed by atoms with Gasteiger partial charge in [0.15, 0.2) is 0 Å². The van der Waals surface area contributed by atoms with Crippen molar-refractivity contribution in [3.05, 3.63) is 23.8 Å². The van der Waals surface area contributed by atoms with Gasteiger partial charge in [-0.05, 0) is 37.0 Å². The van der Waals surface area contributed by atoms with Crippen LogP contribution in [0.2, 0.25) is 0 Å². The third kappa shape index (κ3) is 4.34. The van der Waals surface area contributed by atoms with Gasteiger partial charge in [0.05, 0.1) is 17.9 Å². The van der Waals surface area contributed by atoms with Crippen LogP contribution in [0.5, 0.6) is 5.75 Å². The highest BCUT2D eigenvalue weighted by molar-refractivity contribution is 5.90. The zero-order chi connectivity index (χ0) is 12.8. The first-order valence-corrected chi connectivity index (χ1v) is 5.76. The van der Waals surface area contributed by atoms with E-state index in [-0.39, 0.29) is 11.4 Å². The van der Waals surface area contributed by atoms with Gasteiger partial charge in [0.2, 0.25) is 0 Å². The first-order valence-electron chi connectivity index (χ1n) is 5.76. The van der Waals surface area contributed by atoms with E-state index < -0.39 is 5.97 Å². The first-order chi connectivity index (χ1) is 8.00. The number of esters is 1. The average Bonchev–Trinajstić information content (AvgIpc) is 2.27. The maximum atomic E-state index is 11.6. The molecule has 17 heavy (non-hydrogen) atoms. The number of hydrogen-bond acceptors (Lipinski definition) is 4. The fraction of sp³-hybridized carbons (Fsp3) is 0.462. The van der Waals surface area contributed by atoms with Gasteiger partial charge in [-0.1, -0.05) is 13.8 Å². The molecule has 0 atom stereocenters. The highest BCUT2D eigenvalue weighted by Crippen LogP contribution is 2.21. The number of carbonyl (C=O) groups is 1. The van der Waals surface area contributed by atoms with E-state index in [1.807, 2.05) is 0 Å².